The first-order chi connectivity index (χ1) is 14.3. The molecular weight excluding hydrogens is 476 g/mol. The number of anilines is 4. The maximum atomic E-state index is 14.1. The van der Waals surface area contributed by atoms with Crippen molar-refractivity contribution in [2.75, 3.05) is 10.6 Å². The van der Waals surface area contributed by atoms with E-state index >= 15 is 0 Å². The second kappa shape index (κ2) is 8.39. The predicted octanol–water partition coefficient (Wildman–Crippen LogP) is 7.45. The summed E-state index contributed by atoms with van der Waals surface area (Å²) in [5, 5.41) is 4.48. The van der Waals surface area contributed by atoms with Crippen LogP contribution in [0.4, 0.5) is 53.9 Å². The van der Waals surface area contributed by atoms with Gasteiger partial charge >= 0.3 is 12.4 Å². The largest absolute Gasteiger partial charge is 0.416 e. The maximum Gasteiger partial charge on any atom is 0.416 e. The number of aromatic nitrogens is 2. The molecule has 3 aromatic rings. The van der Waals surface area contributed by atoms with Crippen LogP contribution < -0.4 is 10.6 Å². The predicted molar refractivity (Wildman–Crippen MR) is 101 cm³/mol. The Hall–Kier alpha value is -2.79. The van der Waals surface area contributed by atoms with Gasteiger partial charge in [-0.05, 0) is 36.4 Å². The van der Waals surface area contributed by atoms with Crippen LogP contribution >= 0.6 is 23.2 Å². The lowest BCUT2D eigenvalue weighted by atomic mass is 10.2. The quantitative estimate of drug-likeness (QED) is 0.377. The van der Waals surface area contributed by atoms with Gasteiger partial charge in [0.05, 0.1) is 38.7 Å². The fourth-order valence-corrected chi connectivity index (χ4v) is 2.69. The monoisotopic (exact) mass is 484 g/mol. The van der Waals surface area contributed by atoms with Crippen molar-refractivity contribution in [1.29, 1.82) is 0 Å². The lowest BCUT2D eigenvalue weighted by Crippen LogP contribution is -2.08. The maximum absolute atomic E-state index is 14.1. The van der Waals surface area contributed by atoms with Crippen molar-refractivity contribution in [3.8, 4) is 0 Å². The summed E-state index contributed by atoms with van der Waals surface area (Å²) in [6, 6.07) is 4.83. The number of rotatable bonds is 4. The van der Waals surface area contributed by atoms with Gasteiger partial charge in [-0.1, -0.05) is 23.2 Å². The summed E-state index contributed by atoms with van der Waals surface area (Å²) in [4.78, 5) is 7.34. The van der Waals surface area contributed by atoms with Gasteiger partial charge in [-0.15, -0.1) is 0 Å². The van der Waals surface area contributed by atoms with Gasteiger partial charge in [0, 0.05) is 0 Å². The molecule has 0 aliphatic heterocycles. The normalized spacial score (nSPS) is 12.0. The number of alkyl halides is 6. The SMILES string of the molecule is Fc1cnc(Nc2cc(C(F)(F)F)ccc2Cl)nc1Nc1cc(C(F)(F)F)ccc1Cl. The van der Waals surface area contributed by atoms with E-state index in [-0.39, 0.29) is 27.4 Å². The van der Waals surface area contributed by atoms with Crippen molar-refractivity contribution < 1.29 is 30.7 Å². The fourth-order valence-electron chi connectivity index (χ4n) is 2.36. The summed E-state index contributed by atoms with van der Waals surface area (Å²) in [7, 11) is 0. The number of nitrogens with one attached hydrogen (secondary N) is 2. The van der Waals surface area contributed by atoms with Gasteiger partial charge in [-0.2, -0.15) is 31.3 Å². The molecule has 0 amide bonds. The average molecular weight is 485 g/mol. The molecule has 1 aromatic heterocycles. The molecule has 0 atom stereocenters. The zero-order chi connectivity index (χ0) is 23.0. The Morgan fingerprint density at radius 3 is 1.71 bits per heavy atom. The third kappa shape index (κ3) is 5.47. The molecule has 0 saturated carbocycles. The lowest BCUT2D eigenvalue weighted by molar-refractivity contribution is -0.138. The number of nitrogens with zero attached hydrogens (tertiary/aromatic N) is 2. The van der Waals surface area contributed by atoms with E-state index < -0.39 is 35.1 Å². The number of hydrogen-bond donors (Lipinski definition) is 2. The smallest absolute Gasteiger partial charge is 0.336 e. The minimum Gasteiger partial charge on any atom is -0.336 e. The summed E-state index contributed by atoms with van der Waals surface area (Å²) in [5.74, 6) is -1.98. The highest BCUT2D eigenvalue weighted by Crippen LogP contribution is 2.36. The van der Waals surface area contributed by atoms with Crippen molar-refractivity contribution >= 4 is 46.3 Å². The van der Waals surface area contributed by atoms with Crippen LogP contribution in [0.25, 0.3) is 0 Å². The van der Waals surface area contributed by atoms with Crippen molar-refractivity contribution in [2.45, 2.75) is 12.4 Å². The zero-order valence-electron chi connectivity index (χ0n) is 14.8. The van der Waals surface area contributed by atoms with Crippen molar-refractivity contribution in [3.63, 3.8) is 0 Å². The molecule has 2 N–H and O–H groups in total. The Kier molecular flexibility index (Phi) is 6.19. The van der Waals surface area contributed by atoms with E-state index in [2.05, 4.69) is 20.6 Å². The average Bonchev–Trinajstić information content (AvgIpc) is 2.66. The molecule has 1 heterocycles. The van der Waals surface area contributed by atoms with Gasteiger partial charge in [0.1, 0.15) is 0 Å². The summed E-state index contributed by atoms with van der Waals surface area (Å²) >= 11 is 11.7. The molecule has 3 rings (SSSR count). The molecule has 0 aliphatic rings. The minimum absolute atomic E-state index is 0.101. The molecule has 0 unspecified atom stereocenters. The van der Waals surface area contributed by atoms with Gasteiger partial charge in [0.15, 0.2) is 11.6 Å². The highest BCUT2D eigenvalue weighted by atomic mass is 35.5. The van der Waals surface area contributed by atoms with Crippen molar-refractivity contribution in [1.82, 2.24) is 9.97 Å². The van der Waals surface area contributed by atoms with Crippen LogP contribution in [-0.4, -0.2) is 9.97 Å². The topological polar surface area (TPSA) is 49.8 Å². The van der Waals surface area contributed by atoms with Crippen LogP contribution in [0, 0.1) is 5.82 Å². The molecular formula is C18H9Cl2F7N4. The van der Waals surface area contributed by atoms with Crippen LogP contribution in [0.1, 0.15) is 11.1 Å². The summed E-state index contributed by atoms with van der Waals surface area (Å²) in [6.45, 7) is 0. The number of benzene rings is 2. The molecule has 0 spiro atoms. The molecule has 0 saturated heterocycles. The Balaban J connectivity index is 1.92. The number of hydrogen-bond acceptors (Lipinski definition) is 4. The third-order valence-electron chi connectivity index (χ3n) is 3.83. The van der Waals surface area contributed by atoms with E-state index in [1.54, 1.807) is 0 Å². The van der Waals surface area contributed by atoms with Crippen LogP contribution in [0.3, 0.4) is 0 Å². The Morgan fingerprint density at radius 2 is 1.23 bits per heavy atom. The van der Waals surface area contributed by atoms with Gasteiger partial charge < -0.3 is 10.6 Å². The van der Waals surface area contributed by atoms with Crippen molar-refractivity contribution in [2.24, 2.45) is 0 Å². The van der Waals surface area contributed by atoms with E-state index in [1.807, 2.05) is 0 Å². The zero-order valence-corrected chi connectivity index (χ0v) is 16.3. The van der Waals surface area contributed by atoms with Crippen molar-refractivity contribution in [3.05, 3.63) is 69.6 Å². The van der Waals surface area contributed by atoms with E-state index in [0.717, 1.165) is 24.3 Å². The van der Waals surface area contributed by atoms with Gasteiger partial charge in [-0.25, -0.2) is 9.37 Å². The van der Waals surface area contributed by atoms with Crippen LogP contribution in [0.2, 0.25) is 10.0 Å². The second-order valence-corrected chi connectivity index (χ2v) is 6.84. The summed E-state index contributed by atoms with van der Waals surface area (Å²) in [6.07, 6.45) is -8.64. The third-order valence-corrected chi connectivity index (χ3v) is 4.49. The highest BCUT2D eigenvalue weighted by Gasteiger charge is 2.32. The van der Waals surface area contributed by atoms with E-state index in [4.69, 9.17) is 23.2 Å². The number of halogens is 9. The Labute approximate surface area is 180 Å². The van der Waals surface area contributed by atoms with E-state index in [1.165, 1.54) is 0 Å². The van der Waals surface area contributed by atoms with Crippen LogP contribution in [0.15, 0.2) is 42.6 Å². The first kappa shape index (κ1) is 22.9. The molecule has 164 valence electrons. The Bertz CT molecular complexity index is 1120. The first-order valence-electron chi connectivity index (χ1n) is 8.14. The summed E-state index contributed by atoms with van der Waals surface area (Å²) in [5.41, 5.74) is -2.55. The molecule has 0 bridgehead atoms. The van der Waals surface area contributed by atoms with Crippen LogP contribution in [0.5, 0.6) is 0 Å². The Morgan fingerprint density at radius 1 is 0.742 bits per heavy atom. The first-order valence-corrected chi connectivity index (χ1v) is 8.90. The second-order valence-electron chi connectivity index (χ2n) is 6.02. The van der Waals surface area contributed by atoms with Gasteiger partial charge in [0.25, 0.3) is 0 Å². The summed E-state index contributed by atoms with van der Waals surface area (Å²) < 4.78 is 91.5. The highest BCUT2D eigenvalue weighted by molar-refractivity contribution is 6.33. The molecule has 0 radical (unpaired) electrons. The fraction of sp³-hybridized carbons (Fsp3) is 0.111. The lowest BCUT2D eigenvalue weighted by Gasteiger charge is -2.14. The van der Waals surface area contributed by atoms with E-state index in [9.17, 15) is 30.7 Å². The van der Waals surface area contributed by atoms with Gasteiger partial charge in [0.2, 0.25) is 5.95 Å². The van der Waals surface area contributed by atoms with Gasteiger partial charge in [-0.3, -0.25) is 0 Å². The molecule has 13 heteroatoms. The molecule has 0 aliphatic carbocycles. The standard InChI is InChI=1S/C18H9Cl2F7N4/c19-10-3-1-8(17(22,23)24)5-13(10)29-15-12(21)7-28-16(31-15)30-14-6-9(18(25,26)27)2-4-11(14)20/h1-7H,(H2,28,29,30,31). The molecule has 0 fully saturated rings. The molecule has 4 nitrogen and oxygen atoms in total. The van der Waals surface area contributed by atoms with E-state index in [0.29, 0.717) is 18.3 Å². The minimum atomic E-state index is -4.67. The molecule has 2 aromatic carbocycles. The molecule has 31 heavy (non-hydrogen) atoms. The van der Waals surface area contributed by atoms with Crippen LogP contribution in [-0.2, 0) is 12.4 Å².